The lowest BCUT2D eigenvalue weighted by Gasteiger charge is -2.29. The van der Waals surface area contributed by atoms with Crippen molar-refractivity contribution < 1.29 is 32.9 Å². The van der Waals surface area contributed by atoms with Crippen LogP contribution in [-0.4, -0.2) is 68.5 Å². The minimum atomic E-state index is -4.56. The zero-order valence-electron chi connectivity index (χ0n) is 29.4. The Labute approximate surface area is 272 Å². The molecular formula is C35H71N2O6P. The molecule has 44 heavy (non-hydrogen) atoms. The van der Waals surface area contributed by atoms with Crippen molar-refractivity contribution in [2.24, 2.45) is 0 Å². The Morgan fingerprint density at radius 1 is 0.773 bits per heavy atom. The van der Waals surface area contributed by atoms with E-state index in [0.717, 1.165) is 38.5 Å². The largest absolute Gasteiger partial charge is 0.756 e. The van der Waals surface area contributed by atoms with Gasteiger partial charge in [0.2, 0.25) is 5.91 Å². The molecule has 2 N–H and O–H groups in total. The van der Waals surface area contributed by atoms with Gasteiger partial charge in [-0.3, -0.25) is 9.36 Å². The first-order valence-corrected chi connectivity index (χ1v) is 19.5. The van der Waals surface area contributed by atoms with E-state index >= 15 is 0 Å². The Balaban J connectivity index is 4.50. The average molecular weight is 647 g/mol. The molecular weight excluding hydrogens is 575 g/mol. The van der Waals surface area contributed by atoms with Crippen LogP contribution in [0, 0.1) is 0 Å². The van der Waals surface area contributed by atoms with Crippen molar-refractivity contribution in [3.05, 3.63) is 12.2 Å². The van der Waals surface area contributed by atoms with Crippen molar-refractivity contribution in [1.82, 2.24) is 5.32 Å². The Morgan fingerprint density at radius 2 is 1.23 bits per heavy atom. The molecule has 0 saturated heterocycles. The average Bonchev–Trinajstić information content (AvgIpc) is 2.95. The lowest BCUT2D eigenvalue weighted by molar-refractivity contribution is -0.870. The van der Waals surface area contributed by atoms with E-state index in [1.54, 1.807) is 6.08 Å². The molecule has 0 spiro atoms. The minimum absolute atomic E-state index is 0.00113. The number of phosphoric ester groups is 1. The molecule has 0 aromatic carbocycles. The SMILES string of the molecule is CCCCCCCCCCCCCCC/C=C/[C@H](O)[C@@H](COP(=O)([O-])OCC[N+](C)(C)C)NC(=O)CCCCCCCCC. The van der Waals surface area contributed by atoms with Crippen LogP contribution in [0.5, 0.6) is 0 Å². The first-order valence-electron chi connectivity index (χ1n) is 18.1. The number of aliphatic hydroxyl groups is 1. The quantitative estimate of drug-likeness (QED) is 0.0330. The van der Waals surface area contributed by atoms with Crippen LogP contribution in [0.3, 0.4) is 0 Å². The van der Waals surface area contributed by atoms with E-state index in [1.807, 2.05) is 27.2 Å². The number of nitrogens with zero attached hydrogens (tertiary/aromatic N) is 1. The first-order chi connectivity index (χ1) is 21.0. The van der Waals surface area contributed by atoms with Crippen molar-refractivity contribution >= 4 is 13.7 Å². The molecule has 0 radical (unpaired) electrons. The number of likely N-dealkylation sites (N-methyl/N-ethyl adjacent to an activating group) is 1. The molecule has 9 heteroatoms. The Kier molecular flexibility index (Phi) is 28.0. The molecule has 0 bridgehead atoms. The fraction of sp³-hybridized carbons (Fsp3) is 0.914. The van der Waals surface area contributed by atoms with Crippen LogP contribution in [0.15, 0.2) is 12.2 Å². The number of rotatable bonds is 32. The minimum Gasteiger partial charge on any atom is -0.756 e. The Hall–Kier alpha value is -0.760. The van der Waals surface area contributed by atoms with Gasteiger partial charge in [0.05, 0.1) is 39.9 Å². The zero-order valence-corrected chi connectivity index (χ0v) is 30.3. The fourth-order valence-electron chi connectivity index (χ4n) is 5.03. The van der Waals surface area contributed by atoms with Crippen molar-refractivity contribution in [1.29, 1.82) is 0 Å². The topological polar surface area (TPSA) is 108 Å². The number of phosphoric acid groups is 1. The summed E-state index contributed by atoms with van der Waals surface area (Å²) in [7, 11) is 1.26. The summed E-state index contributed by atoms with van der Waals surface area (Å²) in [5.41, 5.74) is 0. The smallest absolute Gasteiger partial charge is 0.268 e. The predicted octanol–water partition coefficient (Wildman–Crippen LogP) is 8.22. The van der Waals surface area contributed by atoms with Crippen molar-refractivity contribution in [2.75, 3.05) is 40.9 Å². The maximum Gasteiger partial charge on any atom is 0.268 e. The number of unbranched alkanes of at least 4 members (excludes halogenated alkanes) is 19. The molecule has 0 aliphatic heterocycles. The Morgan fingerprint density at radius 3 is 1.70 bits per heavy atom. The predicted molar refractivity (Wildman–Crippen MR) is 182 cm³/mol. The molecule has 8 nitrogen and oxygen atoms in total. The summed E-state index contributed by atoms with van der Waals surface area (Å²) in [6, 6.07) is -0.876. The first kappa shape index (κ1) is 43.2. The van der Waals surface area contributed by atoms with Crippen LogP contribution in [-0.2, 0) is 18.4 Å². The maximum absolute atomic E-state index is 12.6. The molecule has 0 aromatic rings. The third-order valence-corrected chi connectivity index (χ3v) is 8.96. The second kappa shape index (κ2) is 28.5. The number of hydrogen-bond donors (Lipinski definition) is 2. The summed E-state index contributed by atoms with van der Waals surface area (Å²) in [6.07, 6.45) is 28.3. The summed E-state index contributed by atoms with van der Waals surface area (Å²) in [6.45, 7) is 4.57. The highest BCUT2D eigenvalue weighted by Crippen LogP contribution is 2.38. The number of aliphatic hydroxyl groups excluding tert-OH is 1. The van der Waals surface area contributed by atoms with Crippen LogP contribution in [0.25, 0.3) is 0 Å². The van der Waals surface area contributed by atoms with Crippen LogP contribution >= 0.6 is 7.82 Å². The van der Waals surface area contributed by atoms with Gasteiger partial charge in [0, 0.05) is 6.42 Å². The maximum atomic E-state index is 12.6. The summed E-state index contributed by atoms with van der Waals surface area (Å²) >= 11 is 0. The molecule has 262 valence electrons. The van der Waals surface area contributed by atoms with E-state index in [9.17, 15) is 19.4 Å². The lowest BCUT2D eigenvalue weighted by atomic mass is 10.0. The molecule has 0 aliphatic rings. The molecule has 0 fully saturated rings. The standard InChI is InChI=1S/C35H71N2O6P/c1-6-8-10-12-14-15-16-17-18-19-20-21-23-24-26-28-34(38)33(32-43-44(40,41)42-31-30-37(3,4)5)36-35(39)29-27-25-22-13-11-9-7-2/h26,28,33-34,38H,6-25,27,29-32H2,1-5H3,(H-,36,39,40,41)/b28-26+/t33-,34+/m1/s1. The summed E-state index contributed by atoms with van der Waals surface area (Å²) in [5.74, 6) is -0.206. The van der Waals surface area contributed by atoms with Gasteiger partial charge in [-0.05, 0) is 19.3 Å². The molecule has 0 rings (SSSR count). The molecule has 0 aromatic heterocycles. The van der Waals surface area contributed by atoms with E-state index in [4.69, 9.17) is 9.05 Å². The monoisotopic (exact) mass is 647 g/mol. The van der Waals surface area contributed by atoms with Gasteiger partial charge < -0.3 is 28.8 Å². The second-order valence-corrected chi connectivity index (χ2v) is 15.0. The lowest BCUT2D eigenvalue weighted by Crippen LogP contribution is -2.45. The highest BCUT2D eigenvalue weighted by Gasteiger charge is 2.23. The summed E-state index contributed by atoms with van der Waals surface area (Å²) < 4.78 is 23.0. The molecule has 3 atom stereocenters. The van der Waals surface area contributed by atoms with Crippen LogP contribution in [0.4, 0.5) is 0 Å². The van der Waals surface area contributed by atoms with Gasteiger partial charge in [0.1, 0.15) is 13.2 Å². The number of hydrogen-bond acceptors (Lipinski definition) is 6. The van der Waals surface area contributed by atoms with Gasteiger partial charge in [-0.25, -0.2) is 0 Å². The fourth-order valence-corrected chi connectivity index (χ4v) is 5.76. The normalized spacial score (nSPS) is 15.0. The number of nitrogens with one attached hydrogen (secondary N) is 1. The van der Waals surface area contributed by atoms with Gasteiger partial charge in [-0.2, -0.15) is 0 Å². The van der Waals surface area contributed by atoms with E-state index < -0.39 is 20.0 Å². The van der Waals surface area contributed by atoms with Crippen LogP contribution in [0.1, 0.15) is 155 Å². The molecule has 1 amide bonds. The van der Waals surface area contributed by atoms with E-state index in [-0.39, 0.29) is 19.1 Å². The van der Waals surface area contributed by atoms with Gasteiger partial charge in [-0.1, -0.05) is 142 Å². The number of amides is 1. The van der Waals surface area contributed by atoms with Gasteiger partial charge >= 0.3 is 0 Å². The van der Waals surface area contributed by atoms with Crippen molar-refractivity contribution in [3.8, 4) is 0 Å². The highest BCUT2D eigenvalue weighted by atomic mass is 31.2. The second-order valence-electron chi connectivity index (χ2n) is 13.6. The summed E-state index contributed by atoms with van der Waals surface area (Å²) in [5, 5.41) is 13.6. The van der Waals surface area contributed by atoms with Gasteiger partial charge in [0.15, 0.2) is 0 Å². The zero-order chi connectivity index (χ0) is 32.9. The third kappa shape index (κ3) is 29.9. The molecule has 0 aliphatic carbocycles. The number of quaternary nitrogens is 1. The number of carbonyl (C=O) groups excluding carboxylic acids is 1. The molecule has 0 heterocycles. The molecule has 0 saturated carbocycles. The van der Waals surface area contributed by atoms with E-state index in [2.05, 4.69) is 19.2 Å². The van der Waals surface area contributed by atoms with E-state index in [0.29, 0.717) is 17.4 Å². The summed E-state index contributed by atoms with van der Waals surface area (Å²) in [4.78, 5) is 25.0. The molecule has 1 unspecified atom stereocenters. The van der Waals surface area contributed by atoms with Crippen molar-refractivity contribution in [2.45, 2.75) is 167 Å². The Bertz CT molecular complexity index is 743. The third-order valence-electron chi connectivity index (χ3n) is 8.00. The van der Waals surface area contributed by atoms with Gasteiger partial charge in [-0.15, -0.1) is 0 Å². The highest BCUT2D eigenvalue weighted by molar-refractivity contribution is 7.45. The van der Waals surface area contributed by atoms with Gasteiger partial charge in [0.25, 0.3) is 7.82 Å². The van der Waals surface area contributed by atoms with Crippen molar-refractivity contribution in [3.63, 3.8) is 0 Å². The van der Waals surface area contributed by atoms with Crippen LogP contribution < -0.4 is 10.2 Å². The van der Waals surface area contributed by atoms with Crippen LogP contribution in [0.2, 0.25) is 0 Å². The number of carbonyl (C=O) groups is 1. The number of allylic oxidation sites excluding steroid dienone is 1. The van der Waals surface area contributed by atoms with E-state index in [1.165, 1.54) is 96.3 Å².